The molecule has 1 heterocycles. The number of benzene rings is 2. The fourth-order valence-corrected chi connectivity index (χ4v) is 3.73. The van der Waals surface area contributed by atoms with Crippen LogP contribution in [-0.2, 0) is 10.0 Å². The number of methoxy groups -OCH3 is 1. The molecule has 0 aliphatic carbocycles. The predicted molar refractivity (Wildman–Crippen MR) is 110 cm³/mol. The van der Waals surface area contributed by atoms with E-state index in [1.807, 2.05) is 6.07 Å². The Morgan fingerprint density at radius 3 is 2.38 bits per heavy atom. The highest BCUT2D eigenvalue weighted by atomic mass is 32.2. The molecule has 1 aromatic heterocycles. The van der Waals surface area contributed by atoms with Crippen molar-refractivity contribution in [1.82, 2.24) is 8.96 Å². The topological polar surface area (TPSA) is 102 Å². The molecule has 0 atom stereocenters. The molecule has 3 aromatic rings. The third kappa shape index (κ3) is 4.58. The highest BCUT2D eigenvalue weighted by Gasteiger charge is 2.22. The summed E-state index contributed by atoms with van der Waals surface area (Å²) in [4.78, 5) is 15.5. The number of hydrogen-bond acceptors (Lipinski definition) is 6. The van der Waals surface area contributed by atoms with E-state index in [1.165, 1.54) is 31.4 Å². The zero-order chi connectivity index (χ0) is 21.0. The Balaban J connectivity index is 1.86. The van der Waals surface area contributed by atoms with Crippen LogP contribution in [0.4, 0.5) is 15.9 Å². The van der Waals surface area contributed by atoms with Crippen molar-refractivity contribution in [2.75, 3.05) is 17.7 Å². The van der Waals surface area contributed by atoms with Crippen LogP contribution in [0.1, 0.15) is 0 Å². The maximum atomic E-state index is 14.4. The Kier molecular flexibility index (Phi) is 5.89. The number of rotatable bonds is 5. The number of hydrogen-bond donors (Lipinski definition) is 2. The van der Waals surface area contributed by atoms with Crippen LogP contribution in [0.15, 0.2) is 70.5 Å². The van der Waals surface area contributed by atoms with Gasteiger partial charge in [0, 0.05) is 5.69 Å². The van der Waals surface area contributed by atoms with Gasteiger partial charge in [0.05, 0.1) is 18.2 Å². The number of thiocarbonyl (C=S) groups is 1. The smallest absolute Gasteiger partial charge is 0.363 e. The summed E-state index contributed by atoms with van der Waals surface area (Å²) in [7, 11) is -2.91. The summed E-state index contributed by atoms with van der Waals surface area (Å²) in [5.41, 5.74) is -0.548. The number of anilines is 2. The molecule has 0 unspecified atom stereocenters. The van der Waals surface area contributed by atoms with Gasteiger partial charge in [0.1, 0.15) is 5.75 Å². The number of ether oxygens (including phenoxy) is 1. The van der Waals surface area contributed by atoms with Gasteiger partial charge in [-0.3, -0.25) is 0 Å². The van der Waals surface area contributed by atoms with Crippen molar-refractivity contribution in [2.45, 2.75) is 4.90 Å². The van der Waals surface area contributed by atoms with Crippen molar-refractivity contribution in [1.29, 1.82) is 0 Å². The molecule has 0 saturated heterocycles. The third-order valence-electron chi connectivity index (χ3n) is 3.73. The van der Waals surface area contributed by atoms with Gasteiger partial charge in [0.15, 0.2) is 16.7 Å². The van der Waals surface area contributed by atoms with Gasteiger partial charge in [0.25, 0.3) is 10.0 Å². The van der Waals surface area contributed by atoms with Crippen molar-refractivity contribution in [3.63, 3.8) is 0 Å². The summed E-state index contributed by atoms with van der Waals surface area (Å²) in [6.45, 7) is 0. The van der Waals surface area contributed by atoms with Crippen molar-refractivity contribution in [3.8, 4) is 5.75 Å². The van der Waals surface area contributed by atoms with E-state index < -0.39 is 27.3 Å². The van der Waals surface area contributed by atoms with E-state index in [9.17, 15) is 17.6 Å². The van der Waals surface area contributed by atoms with Gasteiger partial charge in [-0.2, -0.15) is 8.96 Å². The fraction of sp³-hybridized carbons (Fsp3) is 0.0556. The maximum absolute atomic E-state index is 14.4. The molecule has 0 saturated carbocycles. The monoisotopic (exact) mass is 434 g/mol. The second-order valence-electron chi connectivity index (χ2n) is 5.64. The van der Waals surface area contributed by atoms with Crippen molar-refractivity contribution >= 4 is 38.9 Å². The number of halogens is 1. The van der Waals surface area contributed by atoms with E-state index in [-0.39, 0.29) is 14.0 Å². The highest BCUT2D eigenvalue weighted by molar-refractivity contribution is 7.90. The first-order valence-corrected chi connectivity index (χ1v) is 9.98. The van der Waals surface area contributed by atoms with E-state index in [2.05, 4.69) is 15.6 Å². The fourth-order valence-electron chi connectivity index (χ4n) is 2.33. The number of aromatic nitrogens is 2. The van der Waals surface area contributed by atoms with E-state index in [1.54, 1.807) is 24.3 Å². The second kappa shape index (κ2) is 8.37. The van der Waals surface area contributed by atoms with Gasteiger partial charge in [0.2, 0.25) is 0 Å². The van der Waals surface area contributed by atoms with Gasteiger partial charge in [-0.15, -0.1) is 0 Å². The predicted octanol–water partition coefficient (Wildman–Crippen LogP) is 2.44. The average molecular weight is 434 g/mol. The van der Waals surface area contributed by atoms with E-state index in [4.69, 9.17) is 17.0 Å². The molecular weight excluding hydrogens is 419 g/mol. The van der Waals surface area contributed by atoms with Crippen LogP contribution in [0.25, 0.3) is 0 Å². The van der Waals surface area contributed by atoms with E-state index >= 15 is 0 Å². The molecule has 0 spiro atoms. The first-order chi connectivity index (χ1) is 13.8. The van der Waals surface area contributed by atoms with Crippen molar-refractivity contribution in [2.24, 2.45) is 0 Å². The largest absolute Gasteiger partial charge is 0.497 e. The van der Waals surface area contributed by atoms with E-state index in [0.29, 0.717) is 17.6 Å². The lowest BCUT2D eigenvalue weighted by atomic mass is 10.3. The minimum absolute atomic E-state index is 0.0160. The summed E-state index contributed by atoms with van der Waals surface area (Å²) < 4.78 is 44.9. The molecule has 0 fully saturated rings. The Labute approximate surface area is 171 Å². The van der Waals surface area contributed by atoms with E-state index in [0.717, 1.165) is 0 Å². The van der Waals surface area contributed by atoms with Gasteiger partial charge >= 0.3 is 5.69 Å². The SMILES string of the molecule is COc1ccc(S(=O)(=O)n2cc(F)c(NC(=S)Nc3ccccc3)nc2=O)cc1. The molecule has 0 aliphatic rings. The number of nitrogens with one attached hydrogen (secondary N) is 2. The number of nitrogens with zero attached hydrogens (tertiary/aromatic N) is 2. The second-order valence-corrected chi connectivity index (χ2v) is 7.86. The Hall–Kier alpha value is -3.31. The molecule has 11 heteroatoms. The van der Waals surface area contributed by atoms with Gasteiger partial charge in [-0.05, 0) is 48.6 Å². The van der Waals surface area contributed by atoms with Crippen LogP contribution in [0.5, 0.6) is 5.75 Å². The summed E-state index contributed by atoms with van der Waals surface area (Å²) in [5, 5.41) is 5.22. The van der Waals surface area contributed by atoms with Crippen molar-refractivity contribution < 1.29 is 17.5 Å². The lowest BCUT2D eigenvalue weighted by Crippen LogP contribution is -2.32. The van der Waals surface area contributed by atoms with Crippen LogP contribution in [-0.4, -0.2) is 29.6 Å². The molecule has 2 N–H and O–H groups in total. The molecular formula is C18H15FN4O4S2. The van der Waals surface area contributed by atoms with Crippen LogP contribution >= 0.6 is 12.2 Å². The molecule has 0 radical (unpaired) electrons. The molecule has 0 bridgehead atoms. The Morgan fingerprint density at radius 2 is 1.76 bits per heavy atom. The molecule has 150 valence electrons. The summed E-state index contributed by atoms with van der Waals surface area (Å²) in [6.07, 6.45) is 0.544. The highest BCUT2D eigenvalue weighted by Crippen LogP contribution is 2.18. The number of para-hydroxylation sites is 1. The van der Waals surface area contributed by atoms with Gasteiger partial charge < -0.3 is 15.4 Å². The van der Waals surface area contributed by atoms with Crippen LogP contribution in [0.2, 0.25) is 0 Å². The minimum atomic E-state index is -4.34. The van der Waals surface area contributed by atoms with Crippen molar-refractivity contribution in [3.05, 3.63) is 77.1 Å². The summed E-state index contributed by atoms with van der Waals surface area (Å²) in [6, 6.07) is 14.1. The minimum Gasteiger partial charge on any atom is -0.497 e. The summed E-state index contributed by atoms with van der Waals surface area (Å²) >= 11 is 5.06. The van der Waals surface area contributed by atoms with Gasteiger partial charge in [-0.25, -0.2) is 17.6 Å². The first-order valence-electron chi connectivity index (χ1n) is 8.13. The molecule has 8 nitrogen and oxygen atoms in total. The standard InChI is InChI=1S/C18H15FN4O4S2/c1-27-13-7-9-14(10-8-13)29(25,26)23-11-15(19)16(22-18(23)24)21-17(28)20-12-5-3-2-4-6-12/h2-11H,1H3,(H2,20,21,22,24,28). The first kappa shape index (κ1) is 20.4. The lowest BCUT2D eigenvalue weighted by molar-refractivity contribution is 0.414. The zero-order valence-corrected chi connectivity index (χ0v) is 16.6. The molecule has 0 aliphatic heterocycles. The normalized spacial score (nSPS) is 11.0. The molecule has 3 rings (SSSR count). The van der Waals surface area contributed by atoms with Crippen LogP contribution < -0.4 is 21.1 Å². The molecule has 2 aromatic carbocycles. The molecule has 29 heavy (non-hydrogen) atoms. The maximum Gasteiger partial charge on any atom is 0.363 e. The van der Waals surface area contributed by atoms with Gasteiger partial charge in [-0.1, -0.05) is 18.2 Å². The Bertz CT molecular complexity index is 1200. The molecule has 0 amide bonds. The average Bonchev–Trinajstić information content (AvgIpc) is 2.71. The summed E-state index contributed by atoms with van der Waals surface area (Å²) in [5.74, 6) is -1.14. The van der Waals surface area contributed by atoms with Crippen LogP contribution in [0.3, 0.4) is 0 Å². The zero-order valence-electron chi connectivity index (χ0n) is 15.0. The lowest BCUT2D eigenvalue weighted by Gasteiger charge is -2.12. The third-order valence-corrected chi connectivity index (χ3v) is 5.58. The van der Waals surface area contributed by atoms with Crippen LogP contribution in [0, 0.1) is 5.82 Å². The Morgan fingerprint density at radius 1 is 1.10 bits per heavy atom. The quantitative estimate of drug-likeness (QED) is 0.591.